The Morgan fingerprint density at radius 1 is 1.06 bits per heavy atom. The first-order valence-corrected chi connectivity index (χ1v) is 12.8. The van der Waals surface area contributed by atoms with E-state index in [1.165, 1.54) is 12.5 Å². The van der Waals surface area contributed by atoms with Crippen molar-refractivity contribution < 1.29 is 13.9 Å². The summed E-state index contributed by atoms with van der Waals surface area (Å²) in [7, 11) is 0. The number of fused-ring (bicyclic) bond motifs is 1. The van der Waals surface area contributed by atoms with Crippen molar-refractivity contribution in [2.24, 2.45) is 5.92 Å². The zero-order chi connectivity index (χ0) is 23.7. The molecule has 1 saturated heterocycles. The third-order valence-electron chi connectivity index (χ3n) is 7.04. The zero-order valence-electron chi connectivity index (χ0n) is 18.9. The number of benzene rings is 2. The lowest BCUT2D eigenvalue weighted by atomic mass is 9.89. The summed E-state index contributed by atoms with van der Waals surface area (Å²) in [4.78, 5) is 18.7. The van der Waals surface area contributed by atoms with E-state index in [9.17, 15) is 9.18 Å². The van der Waals surface area contributed by atoms with E-state index in [-0.39, 0.29) is 22.9 Å². The molecule has 2 fully saturated rings. The largest absolute Gasteiger partial charge is 0.381 e. The molecule has 1 aliphatic carbocycles. The van der Waals surface area contributed by atoms with Crippen molar-refractivity contribution in [2.45, 2.75) is 57.0 Å². The molecule has 1 atom stereocenters. The van der Waals surface area contributed by atoms with E-state index in [1.807, 2.05) is 16.7 Å². The Balaban J connectivity index is 1.65. The molecular formula is C26H28Cl2FN3O2. The van der Waals surface area contributed by atoms with Crippen LogP contribution in [-0.2, 0) is 9.53 Å². The molecule has 1 aromatic heterocycles. The molecule has 2 aliphatic rings. The molecule has 34 heavy (non-hydrogen) atoms. The molecule has 0 spiro atoms. The minimum atomic E-state index is -0.532. The van der Waals surface area contributed by atoms with E-state index in [1.54, 1.807) is 18.2 Å². The smallest absolute Gasteiger partial charge is 0.243 e. The molecule has 0 radical (unpaired) electrons. The van der Waals surface area contributed by atoms with Crippen LogP contribution in [0.4, 0.5) is 4.39 Å². The summed E-state index contributed by atoms with van der Waals surface area (Å²) in [5.74, 6) is 0.109. The number of aromatic nitrogens is 2. The maximum atomic E-state index is 14.4. The lowest BCUT2D eigenvalue weighted by Crippen LogP contribution is -2.44. The number of imidazole rings is 1. The summed E-state index contributed by atoms with van der Waals surface area (Å²) in [6, 6.07) is 9.92. The van der Waals surface area contributed by atoms with Crippen molar-refractivity contribution >= 4 is 40.1 Å². The van der Waals surface area contributed by atoms with Gasteiger partial charge in [0.05, 0.1) is 16.1 Å². The lowest BCUT2D eigenvalue weighted by Gasteiger charge is -2.33. The Morgan fingerprint density at radius 3 is 2.47 bits per heavy atom. The Kier molecular flexibility index (Phi) is 7.09. The summed E-state index contributed by atoms with van der Waals surface area (Å²) < 4.78 is 21.9. The highest BCUT2D eigenvalue weighted by atomic mass is 35.5. The van der Waals surface area contributed by atoms with Crippen LogP contribution in [0.5, 0.6) is 0 Å². The van der Waals surface area contributed by atoms with Gasteiger partial charge in [-0.15, -0.1) is 0 Å². The molecule has 1 saturated carbocycles. The van der Waals surface area contributed by atoms with Crippen LogP contribution in [0, 0.1) is 11.7 Å². The van der Waals surface area contributed by atoms with Crippen molar-refractivity contribution in [3.05, 3.63) is 52.3 Å². The quantitative estimate of drug-likeness (QED) is 0.428. The van der Waals surface area contributed by atoms with Gasteiger partial charge in [-0.05, 0) is 61.9 Å². The van der Waals surface area contributed by atoms with E-state index in [2.05, 4.69) is 5.32 Å². The van der Waals surface area contributed by atoms with Gasteiger partial charge in [0.1, 0.15) is 17.7 Å². The fourth-order valence-corrected chi connectivity index (χ4v) is 5.57. The van der Waals surface area contributed by atoms with E-state index in [0.717, 1.165) is 44.1 Å². The Labute approximate surface area is 208 Å². The van der Waals surface area contributed by atoms with Crippen LogP contribution in [0.3, 0.4) is 0 Å². The van der Waals surface area contributed by atoms with Crippen molar-refractivity contribution in [1.29, 1.82) is 0 Å². The van der Waals surface area contributed by atoms with Crippen LogP contribution >= 0.6 is 23.2 Å². The molecule has 1 aliphatic heterocycles. The number of nitrogens with zero attached hydrogens (tertiary/aromatic N) is 2. The zero-order valence-corrected chi connectivity index (χ0v) is 20.4. The first-order chi connectivity index (χ1) is 16.5. The van der Waals surface area contributed by atoms with E-state index < -0.39 is 11.9 Å². The summed E-state index contributed by atoms with van der Waals surface area (Å²) in [6.07, 6.45) is 7.00. The predicted molar refractivity (Wildman–Crippen MR) is 133 cm³/mol. The Hall–Kier alpha value is -2.15. The fourth-order valence-electron chi connectivity index (χ4n) is 5.28. The van der Waals surface area contributed by atoms with Crippen LogP contribution < -0.4 is 5.32 Å². The predicted octanol–water partition coefficient (Wildman–Crippen LogP) is 6.57. The monoisotopic (exact) mass is 503 g/mol. The van der Waals surface area contributed by atoms with Gasteiger partial charge < -0.3 is 14.6 Å². The highest BCUT2D eigenvalue weighted by Gasteiger charge is 2.36. The molecule has 180 valence electrons. The van der Waals surface area contributed by atoms with Crippen LogP contribution in [0.2, 0.25) is 10.0 Å². The third kappa shape index (κ3) is 4.81. The number of halogens is 3. The van der Waals surface area contributed by atoms with Gasteiger partial charge in [-0.3, -0.25) is 4.79 Å². The van der Waals surface area contributed by atoms with Gasteiger partial charge in [-0.2, -0.15) is 0 Å². The van der Waals surface area contributed by atoms with E-state index in [0.29, 0.717) is 35.1 Å². The molecule has 8 heteroatoms. The van der Waals surface area contributed by atoms with Gasteiger partial charge in [-0.1, -0.05) is 42.5 Å². The second kappa shape index (κ2) is 10.2. The Morgan fingerprint density at radius 2 is 1.76 bits per heavy atom. The first-order valence-electron chi connectivity index (χ1n) is 12.0. The van der Waals surface area contributed by atoms with Gasteiger partial charge in [0, 0.05) is 35.9 Å². The van der Waals surface area contributed by atoms with Gasteiger partial charge in [0.25, 0.3) is 0 Å². The van der Waals surface area contributed by atoms with Crippen LogP contribution in [-0.4, -0.2) is 34.7 Å². The molecule has 0 unspecified atom stereocenters. The van der Waals surface area contributed by atoms with Gasteiger partial charge in [0.2, 0.25) is 5.91 Å². The number of hydrogen-bond donors (Lipinski definition) is 1. The van der Waals surface area contributed by atoms with Gasteiger partial charge >= 0.3 is 0 Å². The molecule has 2 heterocycles. The van der Waals surface area contributed by atoms with Gasteiger partial charge in [-0.25, -0.2) is 9.37 Å². The molecule has 1 N–H and O–H groups in total. The molecular weight excluding hydrogens is 476 g/mol. The number of carbonyl (C=O) groups excluding carboxylic acids is 1. The fraction of sp³-hybridized carbons (Fsp3) is 0.462. The highest BCUT2D eigenvalue weighted by molar-refractivity contribution is 6.31. The second-order valence-corrected chi connectivity index (χ2v) is 10.1. The maximum absolute atomic E-state index is 14.4. The maximum Gasteiger partial charge on any atom is 0.243 e. The molecule has 0 bridgehead atoms. The molecule has 3 aromatic rings. The number of nitrogens with one attached hydrogen (secondary N) is 1. The van der Waals surface area contributed by atoms with Crippen molar-refractivity contribution in [3.63, 3.8) is 0 Å². The summed E-state index contributed by atoms with van der Waals surface area (Å²) in [5.41, 5.74) is 1.92. The number of rotatable bonds is 5. The van der Waals surface area contributed by atoms with Crippen molar-refractivity contribution in [2.75, 3.05) is 13.2 Å². The number of ether oxygens (including phenoxy) is 1. The molecule has 5 nitrogen and oxygen atoms in total. The van der Waals surface area contributed by atoms with Crippen molar-refractivity contribution in [1.82, 2.24) is 14.9 Å². The topological polar surface area (TPSA) is 56.1 Å². The number of amides is 1. The summed E-state index contributed by atoms with van der Waals surface area (Å²) >= 11 is 12.3. The SMILES string of the molecule is O=C(NC1CCCCC1)[C@H](C1CCOCC1)n1c(-c2ccc(Cl)cc2)nc2cc(F)c(Cl)cc21. The van der Waals surface area contributed by atoms with E-state index in [4.69, 9.17) is 32.9 Å². The van der Waals surface area contributed by atoms with Gasteiger partial charge in [0.15, 0.2) is 0 Å². The third-order valence-corrected chi connectivity index (χ3v) is 7.59. The minimum Gasteiger partial charge on any atom is -0.381 e. The molecule has 1 amide bonds. The highest BCUT2D eigenvalue weighted by Crippen LogP contribution is 2.37. The first kappa shape index (κ1) is 23.6. The second-order valence-electron chi connectivity index (χ2n) is 9.31. The van der Waals surface area contributed by atoms with Crippen LogP contribution in [0.25, 0.3) is 22.4 Å². The molecule has 5 rings (SSSR count). The normalized spacial score (nSPS) is 18.8. The standard InChI is InChI=1S/C26H28Cl2FN3O2/c27-18-8-6-17(7-9-18)25-31-22-15-21(29)20(28)14-23(22)32(25)24(16-10-12-34-13-11-16)26(33)30-19-4-2-1-3-5-19/h6-9,14-16,19,24H,1-5,10-13H2,(H,30,33)/t24-/m0/s1. The lowest BCUT2D eigenvalue weighted by molar-refractivity contribution is -0.127. The van der Waals surface area contributed by atoms with Crippen molar-refractivity contribution in [3.8, 4) is 11.4 Å². The van der Waals surface area contributed by atoms with E-state index >= 15 is 0 Å². The van der Waals surface area contributed by atoms with Crippen LogP contribution in [0.1, 0.15) is 51.0 Å². The average Bonchev–Trinajstić information content (AvgIpc) is 3.19. The number of hydrogen-bond acceptors (Lipinski definition) is 3. The molecule has 2 aromatic carbocycles. The Bertz CT molecular complexity index is 1170. The summed E-state index contributed by atoms with van der Waals surface area (Å²) in [6.45, 7) is 1.21. The number of carbonyl (C=O) groups is 1. The average molecular weight is 504 g/mol. The van der Waals surface area contributed by atoms with Crippen LogP contribution in [0.15, 0.2) is 36.4 Å². The summed E-state index contributed by atoms with van der Waals surface area (Å²) in [5, 5.41) is 3.94. The minimum absolute atomic E-state index is 0.00900.